The van der Waals surface area contributed by atoms with Gasteiger partial charge >= 0.3 is 0 Å². The molecule has 0 unspecified atom stereocenters. The molecule has 2 aromatic rings. The third-order valence-electron chi connectivity index (χ3n) is 4.09. The fourth-order valence-corrected chi connectivity index (χ4v) is 5.20. The van der Waals surface area contributed by atoms with Crippen molar-refractivity contribution in [1.29, 1.82) is 0 Å². The predicted octanol–water partition coefficient (Wildman–Crippen LogP) is 3.16. The molecule has 2 rings (SSSR count). The summed E-state index contributed by atoms with van der Waals surface area (Å²) in [7, 11) is -3.60. The van der Waals surface area contributed by atoms with Crippen LogP contribution >= 0.6 is 11.8 Å². The number of anilines is 1. The van der Waals surface area contributed by atoms with Crippen molar-refractivity contribution in [1.82, 2.24) is 14.3 Å². The molecule has 7 nitrogen and oxygen atoms in total. The highest BCUT2D eigenvalue weighted by Gasteiger charge is 2.24. The van der Waals surface area contributed by atoms with Gasteiger partial charge in [0.1, 0.15) is 0 Å². The molecular formula is C19H26N4O3S2. The average Bonchev–Trinajstić information content (AvgIpc) is 2.61. The van der Waals surface area contributed by atoms with E-state index >= 15 is 0 Å². The van der Waals surface area contributed by atoms with Gasteiger partial charge in [0.15, 0.2) is 5.16 Å². The highest BCUT2D eigenvalue weighted by atomic mass is 32.2. The minimum atomic E-state index is -3.60. The van der Waals surface area contributed by atoms with Crippen molar-refractivity contribution in [3.63, 3.8) is 0 Å². The lowest BCUT2D eigenvalue weighted by Gasteiger charge is -2.20. The van der Waals surface area contributed by atoms with Crippen LogP contribution in [0.25, 0.3) is 0 Å². The summed E-state index contributed by atoms with van der Waals surface area (Å²) in [5.41, 5.74) is 2.78. The fraction of sp³-hybridized carbons (Fsp3) is 0.421. The largest absolute Gasteiger partial charge is 0.325 e. The average molecular weight is 423 g/mol. The number of aryl methyl sites for hydroxylation is 3. The van der Waals surface area contributed by atoms with Crippen LogP contribution in [0.2, 0.25) is 0 Å². The molecule has 0 spiro atoms. The number of sulfonamides is 1. The van der Waals surface area contributed by atoms with Crippen molar-refractivity contribution in [3.05, 3.63) is 41.2 Å². The van der Waals surface area contributed by atoms with E-state index in [1.54, 1.807) is 32.9 Å². The van der Waals surface area contributed by atoms with Crippen molar-refractivity contribution >= 4 is 33.4 Å². The van der Waals surface area contributed by atoms with Crippen LogP contribution in [0.15, 0.2) is 34.3 Å². The minimum absolute atomic E-state index is 0.134. The molecule has 0 bridgehead atoms. The second kappa shape index (κ2) is 9.49. The summed E-state index contributed by atoms with van der Waals surface area (Å²) in [6, 6.07) is 6.78. The van der Waals surface area contributed by atoms with Crippen molar-refractivity contribution < 1.29 is 13.2 Å². The normalized spacial score (nSPS) is 11.6. The van der Waals surface area contributed by atoms with E-state index < -0.39 is 10.0 Å². The van der Waals surface area contributed by atoms with Crippen LogP contribution in [0.3, 0.4) is 0 Å². The lowest BCUT2D eigenvalue weighted by molar-refractivity contribution is -0.113. The number of amides is 1. The number of carbonyl (C=O) groups is 1. The number of hydrogen-bond donors (Lipinski definition) is 1. The van der Waals surface area contributed by atoms with E-state index in [-0.39, 0.29) is 16.6 Å². The van der Waals surface area contributed by atoms with Gasteiger partial charge in [-0.05, 0) is 44.5 Å². The van der Waals surface area contributed by atoms with Gasteiger partial charge in [-0.1, -0.05) is 31.7 Å². The number of carbonyl (C=O) groups excluding carboxylic acids is 1. The Morgan fingerprint density at radius 2 is 1.68 bits per heavy atom. The molecular weight excluding hydrogens is 396 g/mol. The molecule has 0 fully saturated rings. The van der Waals surface area contributed by atoms with Crippen LogP contribution in [0.1, 0.15) is 30.8 Å². The summed E-state index contributed by atoms with van der Waals surface area (Å²) in [5, 5.41) is 3.30. The number of hydrogen-bond acceptors (Lipinski definition) is 6. The molecule has 0 radical (unpaired) electrons. The van der Waals surface area contributed by atoms with Gasteiger partial charge < -0.3 is 5.32 Å². The molecule has 0 atom stereocenters. The van der Waals surface area contributed by atoms with Gasteiger partial charge in [-0.2, -0.15) is 4.31 Å². The molecule has 1 aromatic heterocycles. The van der Waals surface area contributed by atoms with E-state index in [0.717, 1.165) is 11.4 Å². The van der Waals surface area contributed by atoms with Crippen LogP contribution in [0.5, 0.6) is 0 Å². The molecule has 28 heavy (non-hydrogen) atoms. The first kappa shape index (κ1) is 22.3. The van der Waals surface area contributed by atoms with E-state index in [0.29, 0.717) is 29.5 Å². The zero-order valence-electron chi connectivity index (χ0n) is 16.8. The number of nitrogens with zero attached hydrogens (tertiary/aromatic N) is 3. The Balaban J connectivity index is 2.13. The Morgan fingerprint density at radius 3 is 2.25 bits per heavy atom. The number of aromatic nitrogens is 2. The maximum atomic E-state index is 12.8. The van der Waals surface area contributed by atoms with Gasteiger partial charge in [-0.25, -0.2) is 18.4 Å². The summed E-state index contributed by atoms with van der Waals surface area (Å²) >= 11 is 1.24. The summed E-state index contributed by atoms with van der Waals surface area (Å²) in [4.78, 5) is 21.1. The lowest BCUT2D eigenvalue weighted by atomic mass is 10.2. The van der Waals surface area contributed by atoms with Gasteiger partial charge in [0.05, 0.1) is 10.6 Å². The second-order valence-corrected chi connectivity index (χ2v) is 9.19. The number of benzene rings is 1. The van der Waals surface area contributed by atoms with E-state index in [9.17, 15) is 13.2 Å². The van der Waals surface area contributed by atoms with Crippen LogP contribution in [0.4, 0.5) is 5.69 Å². The minimum Gasteiger partial charge on any atom is -0.325 e. The topological polar surface area (TPSA) is 92.3 Å². The van der Waals surface area contributed by atoms with Gasteiger partial charge in [0.25, 0.3) is 0 Å². The summed E-state index contributed by atoms with van der Waals surface area (Å²) in [6.45, 7) is 9.88. The monoisotopic (exact) mass is 422 g/mol. The SMILES string of the molecule is CCN(CC)S(=O)(=O)c1cc(NC(=O)CSc2nc(C)cc(C)n2)ccc1C. The predicted molar refractivity (Wildman–Crippen MR) is 112 cm³/mol. The fourth-order valence-electron chi connectivity index (χ4n) is 2.74. The first-order valence-corrected chi connectivity index (χ1v) is 11.5. The summed E-state index contributed by atoms with van der Waals surface area (Å²) in [5.74, 6) is -0.114. The molecule has 152 valence electrons. The Bertz CT molecular complexity index is 937. The van der Waals surface area contributed by atoms with Gasteiger partial charge in [0.2, 0.25) is 15.9 Å². The number of nitrogens with one attached hydrogen (secondary N) is 1. The molecule has 1 amide bonds. The quantitative estimate of drug-likeness (QED) is 0.519. The molecule has 1 aromatic carbocycles. The van der Waals surface area contributed by atoms with Crippen molar-refractivity contribution in [2.75, 3.05) is 24.2 Å². The maximum absolute atomic E-state index is 12.8. The van der Waals surface area contributed by atoms with Gasteiger partial charge in [-0.15, -0.1) is 0 Å². The van der Waals surface area contributed by atoms with Crippen LogP contribution in [-0.2, 0) is 14.8 Å². The third kappa shape index (κ3) is 5.52. The smallest absolute Gasteiger partial charge is 0.243 e. The van der Waals surface area contributed by atoms with Gasteiger partial charge in [0, 0.05) is 30.2 Å². The molecule has 0 saturated heterocycles. The highest BCUT2D eigenvalue weighted by molar-refractivity contribution is 7.99. The summed E-state index contributed by atoms with van der Waals surface area (Å²) in [6.07, 6.45) is 0. The Kier molecular flexibility index (Phi) is 7.56. The standard InChI is InChI=1S/C19H26N4O3S2/c1-6-23(7-2)28(25,26)17-11-16(9-8-13(17)3)22-18(24)12-27-19-20-14(4)10-15(5)21-19/h8-11H,6-7,12H2,1-5H3,(H,22,24). The van der Waals surface area contributed by atoms with Crippen molar-refractivity contribution in [2.24, 2.45) is 0 Å². The third-order valence-corrected chi connectivity index (χ3v) is 7.13. The molecule has 1 heterocycles. The highest BCUT2D eigenvalue weighted by Crippen LogP contribution is 2.24. The van der Waals surface area contributed by atoms with Crippen LogP contribution < -0.4 is 5.32 Å². The zero-order valence-corrected chi connectivity index (χ0v) is 18.4. The maximum Gasteiger partial charge on any atom is 0.243 e. The zero-order chi connectivity index (χ0) is 20.9. The Labute approximate surface area is 171 Å². The Hall–Kier alpha value is -1.97. The molecule has 9 heteroatoms. The number of rotatable bonds is 8. The van der Waals surface area contributed by atoms with E-state index in [1.165, 1.54) is 22.1 Å². The number of thioether (sulfide) groups is 1. The van der Waals surface area contributed by atoms with Crippen LogP contribution in [-0.4, -0.2) is 47.4 Å². The molecule has 0 aliphatic carbocycles. The molecule has 0 saturated carbocycles. The van der Waals surface area contributed by atoms with E-state index in [2.05, 4.69) is 15.3 Å². The summed E-state index contributed by atoms with van der Waals surface area (Å²) < 4.78 is 27.0. The van der Waals surface area contributed by atoms with Crippen LogP contribution in [0, 0.1) is 20.8 Å². The molecule has 1 N–H and O–H groups in total. The molecule has 0 aliphatic heterocycles. The first-order chi connectivity index (χ1) is 13.2. The van der Waals surface area contributed by atoms with Crippen molar-refractivity contribution in [2.45, 2.75) is 44.7 Å². The van der Waals surface area contributed by atoms with Crippen molar-refractivity contribution in [3.8, 4) is 0 Å². The Morgan fingerprint density at radius 1 is 1.07 bits per heavy atom. The van der Waals surface area contributed by atoms with E-state index in [1.807, 2.05) is 19.9 Å². The second-order valence-electron chi connectivity index (χ2n) is 6.34. The lowest BCUT2D eigenvalue weighted by Crippen LogP contribution is -2.31. The first-order valence-electron chi connectivity index (χ1n) is 9.03. The molecule has 0 aliphatic rings. The van der Waals surface area contributed by atoms with Gasteiger partial charge in [-0.3, -0.25) is 4.79 Å². The van der Waals surface area contributed by atoms with E-state index in [4.69, 9.17) is 0 Å².